The van der Waals surface area contributed by atoms with Crippen LogP contribution in [0.1, 0.15) is 117 Å². The Bertz CT molecular complexity index is 691. The topological polar surface area (TPSA) is 151 Å². The molecule has 9 nitrogen and oxygen atoms in total. The van der Waals surface area contributed by atoms with E-state index in [1.54, 1.807) is 6.08 Å². The van der Waals surface area contributed by atoms with Gasteiger partial charge >= 0.3 is 7.82 Å². The minimum absolute atomic E-state index is 0.0447. The van der Waals surface area contributed by atoms with Gasteiger partial charge < -0.3 is 26.2 Å². The molecular formula is C29H57N2O7P. The first-order valence-electron chi connectivity index (χ1n) is 15.0. The lowest BCUT2D eigenvalue weighted by Crippen LogP contribution is -2.46. The lowest BCUT2D eigenvalue weighted by atomic mass is 10.0. The van der Waals surface area contributed by atoms with E-state index in [0.717, 1.165) is 38.5 Å². The monoisotopic (exact) mass is 576 g/mol. The van der Waals surface area contributed by atoms with Crippen LogP contribution in [0, 0.1) is 0 Å². The molecule has 4 unspecified atom stereocenters. The fraction of sp³-hybridized carbons (Fsp3) is 0.828. The van der Waals surface area contributed by atoms with Crippen LogP contribution in [0.2, 0.25) is 0 Å². The molecule has 0 aliphatic carbocycles. The Morgan fingerprint density at radius 3 is 2.08 bits per heavy atom. The third-order valence-electron chi connectivity index (χ3n) is 6.32. The van der Waals surface area contributed by atoms with Gasteiger partial charge in [-0.05, 0) is 25.7 Å². The van der Waals surface area contributed by atoms with Crippen LogP contribution in [0.4, 0.5) is 0 Å². The Morgan fingerprint density at radius 2 is 1.46 bits per heavy atom. The van der Waals surface area contributed by atoms with E-state index in [1.165, 1.54) is 51.0 Å². The van der Waals surface area contributed by atoms with Crippen LogP contribution in [-0.4, -0.2) is 59.0 Å². The number of rotatable bonds is 27. The molecule has 4 atom stereocenters. The van der Waals surface area contributed by atoms with Crippen LogP contribution in [0.25, 0.3) is 0 Å². The molecule has 1 amide bonds. The number of aliphatic hydroxyl groups is 2. The Labute approximate surface area is 237 Å². The van der Waals surface area contributed by atoms with Gasteiger partial charge in [-0.3, -0.25) is 13.8 Å². The van der Waals surface area contributed by atoms with E-state index < -0.39 is 38.6 Å². The van der Waals surface area contributed by atoms with Crippen molar-refractivity contribution in [3.63, 3.8) is 0 Å². The summed E-state index contributed by atoms with van der Waals surface area (Å²) in [4.78, 5) is 22.4. The molecule has 0 saturated carbocycles. The Balaban J connectivity index is 4.58. The third-order valence-corrected chi connectivity index (χ3v) is 7.30. The van der Waals surface area contributed by atoms with Crippen molar-refractivity contribution in [2.45, 2.75) is 135 Å². The molecule has 230 valence electrons. The molecule has 0 aromatic heterocycles. The number of amides is 1. The van der Waals surface area contributed by atoms with Crippen molar-refractivity contribution in [1.29, 1.82) is 0 Å². The van der Waals surface area contributed by atoms with Gasteiger partial charge in [0.1, 0.15) is 0 Å². The minimum Gasteiger partial charge on any atom is -0.393 e. The first-order chi connectivity index (χ1) is 18.8. The molecule has 0 aromatic rings. The van der Waals surface area contributed by atoms with E-state index in [2.05, 4.69) is 31.3 Å². The van der Waals surface area contributed by atoms with E-state index in [0.29, 0.717) is 12.8 Å². The number of phosphoric ester groups is 1. The van der Waals surface area contributed by atoms with E-state index in [1.807, 2.05) is 0 Å². The van der Waals surface area contributed by atoms with Crippen LogP contribution >= 0.6 is 7.82 Å². The number of hydrogen-bond acceptors (Lipinski definition) is 7. The number of unbranched alkanes of at least 4 members (excludes halogenated alkanes) is 11. The normalized spacial score (nSPS) is 15.9. The largest absolute Gasteiger partial charge is 0.472 e. The van der Waals surface area contributed by atoms with Gasteiger partial charge in [-0.2, -0.15) is 0 Å². The summed E-state index contributed by atoms with van der Waals surface area (Å²) < 4.78 is 21.7. The second-order valence-electron chi connectivity index (χ2n) is 10.1. The molecule has 0 heterocycles. The lowest BCUT2D eigenvalue weighted by molar-refractivity contribution is -0.124. The number of hydrogen-bond donors (Lipinski definition) is 5. The number of phosphoric acid groups is 1. The fourth-order valence-electron chi connectivity index (χ4n) is 4.02. The molecular weight excluding hydrogens is 519 g/mol. The average molecular weight is 577 g/mol. The van der Waals surface area contributed by atoms with Crippen molar-refractivity contribution in [3.05, 3.63) is 24.3 Å². The van der Waals surface area contributed by atoms with Crippen LogP contribution in [0.5, 0.6) is 0 Å². The molecule has 0 saturated heterocycles. The number of carbonyl (C=O) groups is 1. The first kappa shape index (κ1) is 37.9. The smallest absolute Gasteiger partial charge is 0.393 e. The third kappa shape index (κ3) is 24.5. The van der Waals surface area contributed by atoms with Gasteiger partial charge in [0.15, 0.2) is 0 Å². The maximum atomic E-state index is 12.6. The number of aliphatic hydroxyl groups excluding tert-OH is 2. The molecule has 0 aromatic carbocycles. The van der Waals surface area contributed by atoms with E-state index in [4.69, 9.17) is 14.8 Å². The zero-order valence-electron chi connectivity index (χ0n) is 24.5. The maximum Gasteiger partial charge on any atom is 0.472 e. The number of allylic oxidation sites excluding steroid dienone is 3. The second-order valence-corrected chi connectivity index (χ2v) is 11.6. The highest BCUT2D eigenvalue weighted by Crippen LogP contribution is 2.43. The zero-order valence-corrected chi connectivity index (χ0v) is 25.4. The van der Waals surface area contributed by atoms with Crippen molar-refractivity contribution in [2.75, 3.05) is 19.8 Å². The number of carbonyl (C=O) groups excluding carboxylic acids is 1. The highest BCUT2D eigenvalue weighted by atomic mass is 31.2. The van der Waals surface area contributed by atoms with Gasteiger partial charge in [-0.15, -0.1) is 0 Å². The molecule has 0 bridgehead atoms. The molecule has 0 spiro atoms. The number of nitrogens with two attached hydrogens (primary N) is 1. The minimum atomic E-state index is -4.38. The highest BCUT2D eigenvalue weighted by Gasteiger charge is 2.27. The zero-order chi connectivity index (χ0) is 29.2. The molecule has 10 heteroatoms. The van der Waals surface area contributed by atoms with Gasteiger partial charge in [0, 0.05) is 6.54 Å². The summed E-state index contributed by atoms with van der Waals surface area (Å²) in [7, 11) is -4.38. The van der Waals surface area contributed by atoms with Crippen LogP contribution in [0.15, 0.2) is 24.3 Å². The van der Waals surface area contributed by atoms with Crippen LogP contribution in [0.3, 0.4) is 0 Å². The molecule has 0 aliphatic rings. The highest BCUT2D eigenvalue weighted by molar-refractivity contribution is 7.47. The van der Waals surface area contributed by atoms with E-state index in [-0.39, 0.29) is 19.6 Å². The average Bonchev–Trinajstić information content (AvgIpc) is 2.90. The SMILES string of the molecule is CCC/C=C/CC/C=C/C(O)C(COP(=O)(O)OCCN)NC(=O)CC(O)CCCCCCCCCCCC. The predicted octanol–water partition coefficient (Wildman–Crippen LogP) is 5.68. The summed E-state index contributed by atoms with van der Waals surface area (Å²) in [5, 5.41) is 23.6. The van der Waals surface area contributed by atoms with Gasteiger partial charge in [0.25, 0.3) is 0 Å². The predicted molar refractivity (Wildman–Crippen MR) is 158 cm³/mol. The maximum absolute atomic E-state index is 12.6. The summed E-state index contributed by atoms with van der Waals surface area (Å²) in [5.74, 6) is -0.464. The van der Waals surface area contributed by atoms with Gasteiger partial charge in [-0.1, -0.05) is 109 Å². The Kier molecular flexibility index (Phi) is 25.2. The Morgan fingerprint density at radius 1 is 0.872 bits per heavy atom. The summed E-state index contributed by atoms with van der Waals surface area (Å²) in [6.45, 7) is 3.77. The fourth-order valence-corrected chi connectivity index (χ4v) is 4.78. The molecule has 0 aliphatic heterocycles. The van der Waals surface area contributed by atoms with Crippen molar-refractivity contribution < 1.29 is 33.5 Å². The molecule has 39 heavy (non-hydrogen) atoms. The molecule has 0 rings (SSSR count). The summed E-state index contributed by atoms with van der Waals surface area (Å²) >= 11 is 0. The molecule has 0 radical (unpaired) electrons. The van der Waals surface area contributed by atoms with Gasteiger partial charge in [-0.25, -0.2) is 4.57 Å². The molecule has 6 N–H and O–H groups in total. The summed E-state index contributed by atoms with van der Waals surface area (Å²) in [6.07, 6.45) is 21.6. The van der Waals surface area contributed by atoms with Gasteiger partial charge in [0.05, 0.1) is 37.9 Å². The molecule has 0 fully saturated rings. The number of nitrogens with one attached hydrogen (secondary N) is 1. The standard InChI is InChI=1S/C29H57N2O7P/c1-3-5-7-9-11-12-13-15-16-18-20-26(32)24-29(34)31-27(25-38-39(35,36)37-23-22-30)28(33)21-19-17-14-10-8-6-4-2/h8,10,19,21,26-28,32-33H,3-7,9,11-18,20,22-25,30H2,1-2H3,(H,31,34)(H,35,36)/b10-8+,21-19+. The van der Waals surface area contributed by atoms with Crippen LogP contribution < -0.4 is 11.1 Å². The van der Waals surface area contributed by atoms with Gasteiger partial charge in [0.2, 0.25) is 5.91 Å². The lowest BCUT2D eigenvalue weighted by Gasteiger charge is -2.24. The van der Waals surface area contributed by atoms with Crippen molar-refractivity contribution in [1.82, 2.24) is 5.32 Å². The summed E-state index contributed by atoms with van der Waals surface area (Å²) in [5.41, 5.74) is 5.30. The van der Waals surface area contributed by atoms with Crippen molar-refractivity contribution >= 4 is 13.7 Å². The Hall–Kier alpha value is -1.06. The quantitative estimate of drug-likeness (QED) is 0.0476. The second kappa shape index (κ2) is 25.9. The van der Waals surface area contributed by atoms with Crippen LogP contribution in [-0.2, 0) is 18.4 Å². The first-order valence-corrected chi connectivity index (χ1v) is 16.5. The van der Waals surface area contributed by atoms with Crippen molar-refractivity contribution in [3.8, 4) is 0 Å². The van der Waals surface area contributed by atoms with E-state index >= 15 is 0 Å². The van der Waals surface area contributed by atoms with Crippen molar-refractivity contribution in [2.24, 2.45) is 5.73 Å². The summed E-state index contributed by atoms with van der Waals surface area (Å²) in [6, 6.07) is -0.990. The van der Waals surface area contributed by atoms with E-state index in [9.17, 15) is 24.5 Å².